The molecule has 2 heterocycles. The van der Waals surface area contributed by atoms with E-state index in [1.165, 1.54) is 18.5 Å². The number of aromatic nitrogens is 2. The van der Waals surface area contributed by atoms with Crippen LogP contribution >= 0.6 is 0 Å². The fourth-order valence-electron chi connectivity index (χ4n) is 1.52. The van der Waals surface area contributed by atoms with Crippen LogP contribution in [0, 0.1) is 0 Å². The predicted molar refractivity (Wildman–Crippen MR) is 78.1 cm³/mol. The lowest BCUT2D eigenvalue weighted by Crippen LogP contribution is -2.14. The Morgan fingerprint density at radius 2 is 1.95 bits per heavy atom. The first-order chi connectivity index (χ1) is 9.62. The molecule has 106 valence electrons. The van der Waals surface area contributed by atoms with Gasteiger partial charge in [-0.1, -0.05) is 13.0 Å². The van der Waals surface area contributed by atoms with Gasteiger partial charge in [-0.15, -0.1) is 0 Å². The summed E-state index contributed by atoms with van der Waals surface area (Å²) in [6.07, 6.45) is 3.82. The fraction of sp³-hybridized carbons (Fsp3) is 0.231. The van der Waals surface area contributed by atoms with Crippen molar-refractivity contribution in [2.75, 3.05) is 16.6 Å². The Labute approximate surface area is 118 Å². The molecule has 0 radical (unpaired) electrons. The van der Waals surface area contributed by atoms with Crippen LogP contribution in [0.5, 0.6) is 0 Å². The average molecular weight is 292 g/mol. The molecule has 0 atom stereocenters. The molecule has 2 aromatic rings. The van der Waals surface area contributed by atoms with Gasteiger partial charge in [-0.3, -0.25) is 4.72 Å². The summed E-state index contributed by atoms with van der Waals surface area (Å²) in [6.45, 7) is 2.84. The van der Waals surface area contributed by atoms with Gasteiger partial charge in [-0.25, -0.2) is 18.4 Å². The van der Waals surface area contributed by atoms with Crippen molar-refractivity contribution in [3.63, 3.8) is 0 Å². The largest absolute Gasteiger partial charge is 0.370 e. The molecule has 2 rings (SSSR count). The minimum absolute atomic E-state index is 0.102. The molecule has 0 saturated heterocycles. The third-order valence-corrected chi connectivity index (χ3v) is 3.85. The first-order valence-corrected chi connectivity index (χ1v) is 7.74. The van der Waals surface area contributed by atoms with Crippen molar-refractivity contribution in [3.8, 4) is 0 Å². The minimum Gasteiger partial charge on any atom is -0.370 e. The molecule has 20 heavy (non-hydrogen) atoms. The van der Waals surface area contributed by atoms with Crippen molar-refractivity contribution in [3.05, 3.63) is 42.7 Å². The SMILES string of the molecule is CCCNc1ccc(S(=O)(=O)Nc2ccccn2)cn1. The summed E-state index contributed by atoms with van der Waals surface area (Å²) in [5, 5.41) is 3.08. The molecule has 2 N–H and O–H groups in total. The van der Waals surface area contributed by atoms with E-state index in [2.05, 4.69) is 20.0 Å². The molecule has 0 amide bonds. The molecule has 7 heteroatoms. The zero-order valence-corrected chi connectivity index (χ0v) is 11.9. The zero-order chi connectivity index (χ0) is 14.4. The van der Waals surface area contributed by atoms with Gasteiger partial charge in [0.25, 0.3) is 10.0 Å². The van der Waals surface area contributed by atoms with E-state index >= 15 is 0 Å². The highest BCUT2D eigenvalue weighted by molar-refractivity contribution is 7.92. The maximum absolute atomic E-state index is 12.1. The Morgan fingerprint density at radius 1 is 1.10 bits per heavy atom. The lowest BCUT2D eigenvalue weighted by atomic mass is 10.4. The predicted octanol–water partition coefficient (Wildman–Crippen LogP) is 2.10. The molecular formula is C13H16N4O2S. The summed E-state index contributed by atoms with van der Waals surface area (Å²) in [5.74, 6) is 0.935. The van der Waals surface area contributed by atoms with E-state index < -0.39 is 10.0 Å². The van der Waals surface area contributed by atoms with Crippen LogP contribution in [0.15, 0.2) is 47.6 Å². The second-order valence-electron chi connectivity index (χ2n) is 4.13. The summed E-state index contributed by atoms with van der Waals surface area (Å²) in [5.41, 5.74) is 0. The summed E-state index contributed by atoms with van der Waals surface area (Å²) in [4.78, 5) is 8.10. The van der Waals surface area contributed by atoms with E-state index in [9.17, 15) is 8.42 Å². The molecule has 0 aromatic carbocycles. The van der Waals surface area contributed by atoms with Crippen molar-refractivity contribution in [2.24, 2.45) is 0 Å². The first-order valence-electron chi connectivity index (χ1n) is 6.25. The lowest BCUT2D eigenvalue weighted by Gasteiger charge is -2.08. The normalized spacial score (nSPS) is 11.1. The Kier molecular flexibility index (Phi) is 4.52. The maximum Gasteiger partial charge on any atom is 0.264 e. The topological polar surface area (TPSA) is 84.0 Å². The average Bonchev–Trinajstić information content (AvgIpc) is 2.46. The van der Waals surface area contributed by atoms with Crippen LogP contribution in [0.2, 0.25) is 0 Å². The molecule has 0 bridgehead atoms. The first kappa shape index (κ1) is 14.3. The summed E-state index contributed by atoms with van der Waals surface area (Å²) in [6, 6.07) is 8.16. The van der Waals surface area contributed by atoms with Gasteiger partial charge in [-0.05, 0) is 30.7 Å². The summed E-state index contributed by atoms with van der Waals surface area (Å²) >= 11 is 0. The third kappa shape index (κ3) is 3.67. The molecule has 0 saturated carbocycles. The molecule has 0 aliphatic carbocycles. The van der Waals surface area contributed by atoms with E-state index in [1.807, 2.05) is 6.92 Å². The Balaban J connectivity index is 2.13. The number of hydrogen-bond donors (Lipinski definition) is 2. The zero-order valence-electron chi connectivity index (χ0n) is 11.1. The van der Waals surface area contributed by atoms with Crippen LogP contribution < -0.4 is 10.0 Å². The van der Waals surface area contributed by atoms with E-state index in [0.717, 1.165) is 13.0 Å². The van der Waals surface area contributed by atoms with E-state index in [1.54, 1.807) is 24.3 Å². The number of anilines is 2. The number of hydrogen-bond acceptors (Lipinski definition) is 5. The van der Waals surface area contributed by atoms with Crippen molar-refractivity contribution < 1.29 is 8.42 Å². The van der Waals surface area contributed by atoms with Gasteiger partial charge in [0.05, 0.1) is 0 Å². The second kappa shape index (κ2) is 6.33. The highest BCUT2D eigenvalue weighted by Gasteiger charge is 2.14. The smallest absolute Gasteiger partial charge is 0.264 e. The van der Waals surface area contributed by atoms with Gasteiger partial charge in [0, 0.05) is 18.9 Å². The highest BCUT2D eigenvalue weighted by atomic mass is 32.2. The van der Waals surface area contributed by atoms with Gasteiger partial charge < -0.3 is 5.32 Å². The van der Waals surface area contributed by atoms with E-state index in [-0.39, 0.29) is 10.7 Å². The van der Waals surface area contributed by atoms with Crippen molar-refractivity contribution in [1.82, 2.24) is 9.97 Å². The Bertz CT molecular complexity index is 642. The molecule has 0 unspecified atom stereocenters. The number of pyridine rings is 2. The molecule has 0 fully saturated rings. The standard InChI is InChI=1S/C13H16N4O2S/c1-2-8-14-12-7-6-11(10-16-12)20(18,19)17-13-5-3-4-9-15-13/h3-7,9-10H,2,8H2,1H3,(H,14,16)(H,15,17). The molecule has 2 aromatic heterocycles. The number of nitrogens with one attached hydrogen (secondary N) is 2. The van der Waals surface area contributed by atoms with E-state index in [0.29, 0.717) is 5.82 Å². The van der Waals surface area contributed by atoms with Gasteiger partial charge in [-0.2, -0.15) is 0 Å². The van der Waals surface area contributed by atoms with Gasteiger partial charge in [0.15, 0.2) is 0 Å². The maximum atomic E-state index is 12.1. The molecule has 0 aliphatic heterocycles. The quantitative estimate of drug-likeness (QED) is 0.851. The van der Waals surface area contributed by atoms with Crippen molar-refractivity contribution >= 4 is 21.7 Å². The van der Waals surface area contributed by atoms with Crippen LogP contribution in [0.3, 0.4) is 0 Å². The Morgan fingerprint density at radius 3 is 2.55 bits per heavy atom. The minimum atomic E-state index is -3.65. The van der Waals surface area contributed by atoms with Gasteiger partial charge in [0.1, 0.15) is 16.5 Å². The number of nitrogens with zero attached hydrogens (tertiary/aromatic N) is 2. The van der Waals surface area contributed by atoms with Crippen molar-refractivity contribution in [1.29, 1.82) is 0 Å². The van der Waals surface area contributed by atoms with Gasteiger partial charge in [0.2, 0.25) is 0 Å². The third-order valence-electron chi connectivity index (χ3n) is 2.51. The molecule has 0 spiro atoms. The summed E-state index contributed by atoms with van der Waals surface area (Å²) < 4.78 is 26.6. The fourth-order valence-corrected chi connectivity index (χ4v) is 2.47. The van der Waals surface area contributed by atoms with Crippen molar-refractivity contribution in [2.45, 2.75) is 18.2 Å². The number of sulfonamides is 1. The Hall–Kier alpha value is -2.15. The molecule has 6 nitrogen and oxygen atoms in total. The molecular weight excluding hydrogens is 276 g/mol. The van der Waals surface area contributed by atoms with Crippen LogP contribution in [-0.4, -0.2) is 24.9 Å². The number of rotatable bonds is 6. The lowest BCUT2D eigenvalue weighted by molar-refractivity contribution is 0.600. The monoisotopic (exact) mass is 292 g/mol. The second-order valence-corrected chi connectivity index (χ2v) is 5.81. The van der Waals surface area contributed by atoms with Crippen LogP contribution in [0.25, 0.3) is 0 Å². The highest BCUT2D eigenvalue weighted by Crippen LogP contribution is 2.14. The van der Waals surface area contributed by atoms with Crippen LogP contribution in [0.1, 0.15) is 13.3 Å². The van der Waals surface area contributed by atoms with E-state index in [4.69, 9.17) is 0 Å². The van der Waals surface area contributed by atoms with Crippen LogP contribution in [0.4, 0.5) is 11.6 Å². The van der Waals surface area contributed by atoms with Crippen LogP contribution in [-0.2, 0) is 10.0 Å². The molecule has 0 aliphatic rings. The summed E-state index contributed by atoms with van der Waals surface area (Å²) in [7, 11) is -3.65. The van der Waals surface area contributed by atoms with Gasteiger partial charge >= 0.3 is 0 Å².